The highest BCUT2D eigenvalue weighted by Crippen LogP contribution is 2.42. The summed E-state index contributed by atoms with van der Waals surface area (Å²) in [5.41, 5.74) is 5.66. The molecule has 0 atom stereocenters. The van der Waals surface area contributed by atoms with E-state index < -0.39 is 0 Å². The Labute approximate surface area is 219 Å². The molecule has 3 heterocycles. The molecule has 2 N–H and O–H groups in total. The van der Waals surface area contributed by atoms with Gasteiger partial charge in [0.25, 0.3) is 0 Å². The summed E-state index contributed by atoms with van der Waals surface area (Å²) < 4.78 is 11.6. The number of benzene rings is 2. The number of carbonyl (C=O) groups excluding carboxylic acids is 1. The number of nitrogens with zero attached hydrogens (tertiary/aromatic N) is 3. The van der Waals surface area contributed by atoms with Gasteiger partial charge in [0, 0.05) is 35.0 Å². The highest BCUT2D eigenvalue weighted by atomic mass is 32.2. The van der Waals surface area contributed by atoms with Gasteiger partial charge in [-0.3, -0.25) is 9.78 Å². The first-order valence-electron chi connectivity index (χ1n) is 11.8. The van der Waals surface area contributed by atoms with Crippen molar-refractivity contribution in [3.05, 3.63) is 82.7 Å². The molecular weight excluding hydrogens is 488 g/mol. The van der Waals surface area contributed by atoms with Gasteiger partial charge in [-0.25, -0.2) is 4.98 Å². The predicted molar refractivity (Wildman–Crippen MR) is 142 cm³/mol. The summed E-state index contributed by atoms with van der Waals surface area (Å²) in [6.45, 7) is 3.71. The van der Waals surface area contributed by atoms with Gasteiger partial charge in [-0.05, 0) is 38.1 Å². The molecule has 0 saturated carbocycles. The molecule has 1 aliphatic heterocycles. The zero-order chi connectivity index (χ0) is 25.9. The summed E-state index contributed by atoms with van der Waals surface area (Å²) in [6, 6.07) is 15.1. The first-order valence-corrected chi connectivity index (χ1v) is 12.7. The van der Waals surface area contributed by atoms with Gasteiger partial charge in [-0.1, -0.05) is 41.6 Å². The van der Waals surface area contributed by atoms with Crippen LogP contribution in [0.25, 0.3) is 11.4 Å². The molecule has 2 aromatic heterocycles. The van der Waals surface area contributed by atoms with Crippen LogP contribution in [-0.2, 0) is 17.8 Å². The maximum Gasteiger partial charge on any atom is 0.234 e. The standard InChI is InChI=1S/C28H26N4O4S/c1-16-7-9-20(10-8-16)30-24(34)15-37-28-23-12-22-19(14-33)13-29-17(2)25(22)36-27(23)31-26(32-28)18-5-4-6-21(11-18)35-3/h4-11,13,33H,12,14-15H2,1-3H3,(H,30,34). The van der Waals surface area contributed by atoms with Crippen LogP contribution in [0.15, 0.2) is 59.8 Å². The monoisotopic (exact) mass is 514 g/mol. The molecule has 37 heavy (non-hydrogen) atoms. The van der Waals surface area contributed by atoms with E-state index in [0.717, 1.165) is 27.9 Å². The Hall–Kier alpha value is -3.95. The van der Waals surface area contributed by atoms with E-state index >= 15 is 0 Å². The number of rotatable bonds is 7. The number of amides is 1. The van der Waals surface area contributed by atoms with Crippen molar-refractivity contribution in [3.63, 3.8) is 0 Å². The minimum absolute atomic E-state index is 0.141. The molecule has 0 unspecified atom stereocenters. The molecule has 0 saturated heterocycles. The Morgan fingerprint density at radius 1 is 1.14 bits per heavy atom. The minimum atomic E-state index is -0.154. The van der Waals surface area contributed by atoms with Crippen LogP contribution in [0.1, 0.15) is 27.9 Å². The van der Waals surface area contributed by atoms with E-state index in [9.17, 15) is 9.90 Å². The van der Waals surface area contributed by atoms with E-state index in [2.05, 4.69) is 10.3 Å². The van der Waals surface area contributed by atoms with Crippen LogP contribution < -0.4 is 14.8 Å². The molecule has 5 rings (SSSR count). The molecule has 0 fully saturated rings. The fourth-order valence-corrected chi connectivity index (χ4v) is 4.90. The van der Waals surface area contributed by atoms with Crippen LogP contribution in [0.5, 0.6) is 17.4 Å². The second kappa shape index (κ2) is 10.6. The second-order valence-electron chi connectivity index (χ2n) is 8.68. The molecule has 1 aliphatic rings. The fraction of sp³-hybridized carbons (Fsp3) is 0.214. The van der Waals surface area contributed by atoms with Crippen molar-refractivity contribution in [1.29, 1.82) is 0 Å². The van der Waals surface area contributed by atoms with E-state index in [0.29, 0.717) is 45.9 Å². The van der Waals surface area contributed by atoms with Gasteiger partial charge in [0.1, 0.15) is 10.8 Å². The van der Waals surface area contributed by atoms with Crippen molar-refractivity contribution >= 4 is 23.4 Å². The summed E-state index contributed by atoms with van der Waals surface area (Å²) in [5, 5.41) is 13.5. The third-order valence-corrected chi connectivity index (χ3v) is 7.08. The van der Waals surface area contributed by atoms with Crippen LogP contribution in [0, 0.1) is 13.8 Å². The van der Waals surface area contributed by atoms with Crippen LogP contribution >= 0.6 is 11.8 Å². The average Bonchev–Trinajstić information content (AvgIpc) is 2.92. The summed E-state index contributed by atoms with van der Waals surface area (Å²) in [4.78, 5) is 26.7. The summed E-state index contributed by atoms with van der Waals surface area (Å²) in [7, 11) is 1.61. The van der Waals surface area contributed by atoms with Gasteiger partial charge in [-0.15, -0.1) is 0 Å². The van der Waals surface area contributed by atoms with E-state index in [4.69, 9.17) is 19.4 Å². The number of nitrogens with one attached hydrogen (secondary N) is 1. The quantitative estimate of drug-likeness (QED) is 0.229. The van der Waals surface area contributed by atoms with E-state index in [1.54, 1.807) is 13.3 Å². The number of anilines is 1. The normalized spacial score (nSPS) is 11.8. The largest absolute Gasteiger partial charge is 0.497 e. The molecule has 9 heteroatoms. The molecule has 1 amide bonds. The SMILES string of the molecule is COc1cccc(-c2nc3c(c(SCC(=O)Nc4ccc(C)cc4)n2)Cc2c(CO)cnc(C)c2O3)c1. The van der Waals surface area contributed by atoms with Crippen molar-refractivity contribution in [2.45, 2.75) is 31.9 Å². The Balaban J connectivity index is 1.50. The number of aliphatic hydroxyl groups is 1. The average molecular weight is 515 g/mol. The number of pyridine rings is 1. The van der Waals surface area contributed by atoms with Crippen LogP contribution in [-0.4, -0.2) is 38.8 Å². The number of ether oxygens (including phenoxy) is 2. The van der Waals surface area contributed by atoms with Gasteiger partial charge < -0.3 is 19.9 Å². The molecule has 8 nitrogen and oxygen atoms in total. The number of hydrogen-bond donors (Lipinski definition) is 2. The summed E-state index contributed by atoms with van der Waals surface area (Å²) >= 11 is 1.32. The van der Waals surface area contributed by atoms with Gasteiger partial charge in [0.05, 0.1) is 30.7 Å². The molecule has 188 valence electrons. The third kappa shape index (κ3) is 5.28. The Morgan fingerprint density at radius 3 is 2.70 bits per heavy atom. The Kier molecular flexibility index (Phi) is 7.07. The minimum Gasteiger partial charge on any atom is -0.497 e. The van der Waals surface area contributed by atoms with Crippen molar-refractivity contribution in [2.24, 2.45) is 0 Å². The molecule has 0 aliphatic carbocycles. The smallest absolute Gasteiger partial charge is 0.234 e. The third-order valence-electron chi connectivity index (χ3n) is 6.06. The molecule has 2 aromatic carbocycles. The summed E-state index contributed by atoms with van der Waals surface area (Å²) in [5.74, 6) is 2.18. The lowest BCUT2D eigenvalue weighted by Crippen LogP contribution is -2.16. The number of aryl methyl sites for hydroxylation is 2. The molecule has 0 bridgehead atoms. The van der Waals surface area contributed by atoms with Crippen molar-refractivity contribution in [3.8, 4) is 28.8 Å². The topological polar surface area (TPSA) is 106 Å². The molecule has 0 spiro atoms. The van der Waals surface area contributed by atoms with Gasteiger partial charge in [-0.2, -0.15) is 4.98 Å². The number of fused-ring (bicyclic) bond motifs is 2. The lowest BCUT2D eigenvalue weighted by molar-refractivity contribution is -0.113. The van der Waals surface area contributed by atoms with Crippen molar-refractivity contribution in [1.82, 2.24) is 15.0 Å². The molecular formula is C28H26N4O4S. The maximum absolute atomic E-state index is 12.8. The van der Waals surface area contributed by atoms with Gasteiger partial charge in [0.2, 0.25) is 11.8 Å². The lowest BCUT2D eigenvalue weighted by atomic mass is 9.99. The number of hydrogen-bond acceptors (Lipinski definition) is 8. The molecule has 4 aromatic rings. The first-order chi connectivity index (χ1) is 17.9. The highest BCUT2D eigenvalue weighted by molar-refractivity contribution is 8.00. The van der Waals surface area contributed by atoms with Crippen LogP contribution in [0.2, 0.25) is 0 Å². The number of carbonyl (C=O) groups is 1. The van der Waals surface area contributed by atoms with E-state index in [1.807, 2.05) is 62.4 Å². The number of thioether (sulfide) groups is 1. The van der Waals surface area contributed by atoms with Crippen molar-refractivity contribution < 1.29 is 19.4 Å². The molecule has 0 radical (unpaired) electrons. The van der Waals surface area contributed by atoms with Gasteiger partial charge >= 0.3 is 0 Å². The Bertz CT molecular complexity index is 1470. The van der Waals surface area contributed by atoms with Crippen LogP contribution in [0.4, 0.5) is 5.69 Å². The maximum atomic E-state index is 12.8. The number of aliphatic hydroxyl groups excluding tert-OH is 1. The first kappa shape index (κ1) is 24.7. The number of methoxy groups -OCH3 is 1. The zero-order valence-corrected chi connectivity index (χ0v) is 21.6. The van der Waals surface area contributed by atoms with E-state index in [-0.39, 0.29) is 18.3 Å². The summed E-state index contributed by atoms with van der Waals surface area (Å²) in [6.07, 6.45) is 2.13. The highest BCUT2D eigenvalue weighted by Gasteiger charge is 2.28. The fourth-order valence-electron chi connectivity index (χ4n) is 4.07. The second-order valence-corrected chi connectivity index (χ2v) is 9.65. The Morgan fingerprint density at radius 2 is 1.95 bits per heavy atom. The van der Waals surface area contributed by atoms with Crippen LogP contribution in [0.3, 0.4) is 0 Å². The van der Waals surface area contributed by atoms with Crippen molar-refractivity contribution in [2.75, 3.05) is 18.2 Å². The van der Waals surface area contributed by atoms with E-state index in [1.165, 1.54) is 11.8 Å². The predicted octanol–water partition coefficient (Wildman–Crippen LogP) is 5.08. The van der Waals surface area contributed by atoms with Gasteiger partial charge in [0.15, 0.2) is 11.6 Å². The zero-order valence-electron chi connectivity index (χ0n) is 20.7. The number of aromatic nitrogens is 3. The lowest BCUT2D eigenvalue weighted by Gasteiger charge is -2.24.